The van der Waals surface area contributed by atoms with Gasteiger partial charge >= 0.3 is 6.09 Å². The summed E-state index contributed by atoms with van der Waals surface area (Å²) >= 11 is 0. The number of rotatable bonds is 7. The molecule has 8 nitrogen and oxygen atoms in total. The minimum Gasteiger partial charge on any atom is -0.493 e. The molecule has 2 N–H and O–H groups in total. The summed E-state index contributed by atoms with van der Waals surface area (Å²) in [6.07, 6.45) is 2.89. The molecule has 2 aromatic carbocycles. The zero-order valence-electron chi connectivity index (χ0n) is 20.2. The van der Waals surface area contributed by atoms with Gasteiger partial charge in [-0.25, -0.2) is 4.79 Å². The topological polar surface area (TPSA) is 99.5 Å². The lowest BCUT2D eigenvalue weighted by atomic mass is 9.72. The Balaban J connectivity index is 1.59. The van der Waals surface area contributed by atoms with E-state index in [1.165, 1.54) is 4.90 Å². The summed E-state index contributed by atoms with van der Waals surface area (Å²) in [6, 6.07) is 15.3. The molecule has 1 atom stereocenters. The number of piperazine rings is 1. The number of benzene rings is 2. The van der Waals surface area contributed by atoms with Crippen LogP contribution < -0.4 is 9.47 Å². The van der Waals surface area contributed by atoms with Crippen molar-refractivity contribution in [3.63, 3.8) is 0 Å². The molecular formula is C27H34N2O6. The molecule has 2 aliphatic rings. The van der Waals surface area contributed by atoms with E-state index >= 15 is 0 Å². The molecule has 1 saturated heterocycles. The number of ether oxygens (including phenoxy) is 2. The maximum Gasteiger partial charge on any atom is 0.407 e. The number of methoxy groups -OCH3 is 1. The Labute approximate surface area is 206 Å². The van der Waals surface area contributed by atoms with E-state index in [1.54, 1.807) is 24.1 Å². The molecule has 8 heteroatoms. The van der Waals surface area contributed by atoms with E-state index in [2.05, 4.69) is 0 Å². The summed E-state index contributed by atoms with van der Waals surface area (Å²) in [7, 11) is 1.56. The first-order valence-corrected chi connectivity index (χ1v) is 12.2. The van der Waals surface area contributed by atoms with Gasteiger partial charge in [0, 0.05) is 26.2 Å². The molecule has 1 unspecified atom stereocenters. The fourth-order valence-corrected chi connectivity index (χ4v) is 5.15. The predicted molar refractivity (Wildman–Crippen MR) is 131 cm³/mol. The Morgan fingerprint density at radius 2 is 1.60 bits per heavy atom. The smallest absolute Gasteiger partial charge is 0.407 e. The lowest BCUT2D eigenvalue weighted by Gasteiger charge is -2.42. The molecule has 0 radical (unpaired) electrons. The Kier molecular flexibility index (Phi) is 7.80. The van der Waals surface area contributed by atoms with Gasteiger partial charge in [0.05, 0.1) is 18.6 Å². The number of carboxylic acid groups (broad SMARTS) is 1. The zero-order valence-corrected chi connectivity index (χ0v) is 20.2. The summed E-state index contributed by atoms with van der Waals surface area (Å²) in [6.45, 7) is 1.54. The first-order chi connectivity index (χ1) is 16.9. The van der Waals surface area contributed by atoms with E-state index in [-0.39, 0.29) is 19.0 Å². The van der Waals surface area contributed by atoms with Crippen LogP contribution in [0.25, 0.3) is 0 Å². The standard InChI is InChI=1S/C27H34N2O6/c1-34-23-18-21(10-11-22(23)35-19-20-8-4-2-5-9-20)24(27(33)12-6-3-7-13-27)25(30)28-14-16-29(17-15-28)26(31)32/h2,4-5,8-11,18,24,33H,3,6-7,12-17,19H2,1H3,(H,31,32). The third kappa shape index (κ3) is 5.70. The molecule has 35 heavy (non-hydrogen) atoms. The lowest BCUT2D eigenvalue weighted by Crippen LogP contribution is -2.54. The monoisotopic (exact) mass is 482 g/mol. The molecule has 4 rings (SSSR count). The number of carbonyl (C=O) groups is 2. The molecule has 1 aliphatic heterocycles. The van der Waals surface area contributed by atoms with Crippen LogP contribution >= 0.6 is 0 Å². The van der Waals surface area contributed by atoms with E-state index in [1.807, 2.05) is 36.4 Å². The molecular weight excluding hydrogens is 448 g/mol. The highest BCUT2D eigenvalue weighted by Gasteiger charge is 2.45. The normalized spacial score (nSPS) is 18.6. The Bertz CT molecular complexity index is 1010. The van der Waals surface area contributed by atoms with Crippen molar-refractivity contribution in [3.05, 3.63) is 59.7 Å². The van der Waals surface area contributed by atoms with Crippen molar-refractivity contribution in [1.82, 2.24) is 9.80 Å². The fraction of sp³-hybridized carbons (Fsp3) is 0.481. The van der Waals surface area contributed by atoms with Gasteiger partial charge in [0.25, 0.3) is 0 Å². The van der Waals surface area contributed by atoms with Crippen LogP contribution in [0.15, 0.2) is 48.5 Å². The van der Waals surface area contributed by atoms with Gasteiger partial charge < -0.3 is 29.5 Å². The number of nitrogens with zero attached hydrogens (tertiary/aromatic N) is 2. The van der Waals surface area contributed by atoms with Crippen LogP contribution in [0.3, 0.4) is 0 Å². The van der Waals surface area contributed by atoms with Crippen molar-refractivity contribution < 1.29 is 29.3 Å². The van der Waals surface area contributed by atoms with Crippen LogP contribution in [-0.4, -0.2) is 70.9 Å². The quantitative estimate of drug-likeness (QED) is 0.622. The van der Waals surface area contributed by atoms with E-state index < -0.39 is 17.6 Å². The highest BCUT2D eigenvalue weighted by Crippen LogP contribution is 2.43. The predicted octanol–water partition coefficient (Wildman–Crippen LogP) is 3.88. The van der Waals surface area contributed by atoms with Crippen LogP contribution in [0.2, 0.25) is 0 Å². The van der Waals surface area contributed by atoms with Gasteiger partial charge in [-0.15, -0.1) is 0 Å². The number of hydrogen-bond acceptors (Lipinski definition) is 5. The lowest BCUT2D eigenvalue weighted by molar-refractivity contribution is -0.143. The number of carbonyl (C=O) groups excluding carboxylic acids is 1. The summed E-state index contributed by atoms with van der Waals surface area (Å²) in [5, 5.41) is 20.9. The van der Waals surface area contributed by atoms with E-state index in [0.29, 0.717) is 49.6 Å². The number of amides is 2. The second kappa shape index (κ2) is 11.0. The Morgan fingerprint density at radius 3 is 2.23 bits per heavy atom. The minimum absolute atomic E-state index is 0.167. The third-order valence-corrected chi connectivity index (χ3v) is 7.12. The molecule has 188 valence electrons. The number of hydrogen-bond donors (Lipinski definition) is 2. The SMILES string of the molecule is COc1cc(C(C(=O)N2CCN(C(=O)O)CC2)C2(O)CCCCC2)ccc1OCc1ccccc1. The summed E-state index contributed by atoms with van der Waals surface area (Å²) in [5.74, 6) is 0.152. The van der Waals surface area contributed by atoms with Gasteiger partial charge in [0.2, 0.25) is 5.91 Å². The fourth-order valence-electron chi connectivity index (χ4n) is 5.15. The first-order valence-electron chi connectivity index (χ1n) is 12.2. The maximum absolute atomic E-state index is 13.8. The van der Waals surface area contributed by atoms with Crippen LogP contribution in [0.1, 0.15) is 49.1 Å². The van der Waals surface area contributed by atoms with Crippen LogP contribution in [-0.2, 0) is 11.4 Å². The van der Waals surface area contributed by atoms with E-state index in [9.17, 15) is 19.8 Å². The van der Waals surface area contributed by atoms with Crippen molar-refractivity contribution in [1.29, 1.82) is 0 Å². The highest BCUT2D eigenvalue weighted by atomic mass is 16.5. The zero-order chi connectivity index (χ0) is 24.8. The molecule has 1 saturated carbocycles. The van der Waals surface area contributed by atoms with E-state index in [4.69, 9.17) is 9.47 Å². The maximum atomic E-state index is 13.8. The molecule has 0 spiro atoms. The summed E-state index contributed by atoms with van der Waals surface area (Å²) in [4.78, 5) is 28.1. The van der Waals surface area contributed by atoms with Crippen LogP contribution in [0.4, 0.5) is 4.79 Å². The Morgan fingerprint density at radius 1 is 0.943 bits per heavy atom. The summed E-state index contributed by atoms with van der Waals surface area (Å²) < 4.78 is 11.6. The Hall–Kier alpha value is -3.26. The van der Waals surface area contributed by atoms with Crippen molar-refractivity contribution in [2.75, 3.05) is 33.3 Å². The molecule has 1 heterocycles. The molecule has 1 aliphatic carbocycles. The molecule has 2 aromatic rings. The molecule has 2 amide bonds. The van der Waals surface area contributed by atoms with Gasteiger partial charge in [-0.1, -0.05) is 55.7 Å². The average molecular weight is 483 g/mol. The van der Waals surface area contributed by atoms with Gasteiger partial charge in [-0.2, -0.15) is 0 Å². The van der Waals surface area contributed by atoms with Gasteiger partial charge in [0.1, 0.15) is 6.61 Å². The largest absolute Gasteiger partial charge is 0.493 e. The second-order valence-electron chi connectivity index (χ2n) is 9.38. The second-order valence-corrected chi connectivity index (χ2v) is 9.38. The first kappa shape index (κ1) is 24.9. The van der Waals surface area contributed by atoms with Gasteiger partial charge in [-0.3, -0.25) is 4.79 Å². The summed E-state index contributed by atoms with van der Waals surface area (Å²) in [5.41, 5.74) is 0.559. The molecule has 2 fully saturated rings. The van der Waals surface area contributed by atoms with Gasteiger partial charge in [0.15, 0.2) is 11.5 Å². The highest BCUT2D eigenvalue weighted by molar-refractivity contribution is 5.86. The van der Waals surface area contributed by atoms with Crippen LogP contribution in [0, 0.1) is 0 Å². The third-order valence-electron chi connectivity index (χ3n) is 7.12. The van der Waals surface area contributed by atoms with Crippen molar-refractivity contribution in [3.8, 4) is 11.5 Å². The average Bonchev–Trinajstić information content (AvgIpc) is 2.88. The molecule has 0 aromatic heterocycles. The number of aliphatic hydroxyl groups is 1. The molecule has 0 bridgehead atoms. The van der Waals surface area contributed by atoms with Crippen molar-refractivity contribution in [2.45, 2.75) is 50.2 Å². The minimum atomic E-state index is -1.16. The van der Waals surface area contributed by atoms with Crippen LogP contribution in [0.5, 0.6) is 11.5 Å². The van der Waals surface area contributed by atoms with Gasteiger partial charge in [-0.05, 0) is 36.1 Å². The van der Waals surface area contributed by atoms with Crippen molar-refractivity contribution >= 4 is 12.0 Å². The van der Waals surface area contributed by atoms with E-state index in [0.717, 1.165) is 24.8 Å². The van der Waals surface area contributed by atoms with Crippen molar-refractivity contribution in [2.24, 2.45) is 0 Å².